The Labute approximate surface area is 109 Å². The summed E-state index contributed by atoms with van der Waals surface area (Å²) < 4.78 is 5.55. The van der Waals surface area contributed by atoms with E-state index in [0.29, 0.717) is 24.4 Å². The van der Waals surface area contributed by atoms with E-state index in [9.17, 15) is 5.11 Å². The van der Waals surface area contributed by atoms with Crippen LogP contribution < -0.4 is 0 Å². The molecule has 0 amide bonds. The first kappa shape index (κ1) is 12.2. The number of aliphatic hydroxyl groups excluding tert-OH is 1. The Morgan fingerprint density at radius 1 is 1.33 bits per heavy atom. The summed E-state index contributed by atoms with van der Waals surface area (Å²) in [6.07, 6.45) is 2.30. The van der Waals surface area contributed by atoms with Gasteiger partial charge in [0.05, 0.1) is 18.8 Å². The van der Waals surface area contributed by atoms with Crippen LogP contribution in [0.4, 0.5) is 0 Å². The molecule has 1 aromatic rings. The second kappa shape index (κ2) is 4.67. The van der Waals surface area contributed by atoms with E-state index in [1.54, 1.807) is 0 Å². The van der Waals surface area contributed by atoms with Gasteiger partial charge < -0.3 is 9.84 Å². The molecule has 18 heavy (non-hydrogen) atoms. The van der Waals surface area contributed by atoms with Crippen molar-refractivity contribution in [3.8, 4) is 0 Å². The van der Waals surface area contributed by atoms with Crippen LogP contribution in [0.5, 0.6) is 0 Å². The number of aliphatic hydroxyl groups is 1. The maximum Gasteiger partial charge on any atom is 0.0810 e. The van der Waals surface area contributed by atoms with Crippen LogP contribution in [0.3, 0.4) is 0 Å². The normalized spacial score (nSPS) is 30.8. The van der Waals surface area contributed by atoms with E-state index in [1.807, 2.05) is 13.8 Å². The standard InChI is InChI=1S/C16H22O2/c1-10(2)18-9-14(17)16-13-8-7-11-5-3-4-6-12(11)15(13)16/h3-6,10,13-17H,7-9H2,1-2H3. The zero-order valence-corrected chi connectivity index (χ0v) is 11.2. The van der Waals surface area contributed by atoms with Crippen LogP contribution in [0.15, 0.2) is 24.3 Å². The number of benzene rings is 1. The Morgan fingerprint density at radius 2 is 2.11 bits per heavy atom. The fraction of sp³-hybridized carbons (Fsp3) is 0.625. The zero-order valence-electron chi connectivity index (χ0n) is 11.2. The number of hydrogen-bond donors (Lipinski definition) is 1. The van der Waals surface area contributed by atoms with Gasteiger partial charge in [0, 0.05) is 0 Å². The van der Waals surface area contributed by atoms with Crippen molar-refractivity contribution in [3.63, 3.8) is 0 Å². The lowest BCUT2D eigenvalue weighted by Gasteiger charge is -2.14. The van der Waals surface area contributed by atoms with E-state index in [-0.39, 0.29) is 12.2 Å². The minimum atomic E-state index is -0.298. The van der Waals surface area contributed by atoms with Gasteiger partial charge in [-0.25, -0.2) is 0 Å². The van der Waals surface area contributed by atoms with Gasteiger partial charge in [-0.05, 0) is 55.6 Å². The summed E-state index contributed by atoms with van der Waals surface area (Å²) in [4.78, 5) is 0. The first-order chi connectivity index (χ1) is 8.68. The molecule has 0 aliphatic heterocycles. The SMILES string of the molecule is CC(C)OCC(O)C1C2CCc3ccccc3C21. The minimum Gasteiger partial charge on any atom is -0.390 e. The topological polar surface area (TPSA) is 29.5 Å². The van der Waals surface area contributed by atoms with Crippen molar-refractivity contribution >= 4 is 0 Å². The highest BCUT2D eigenvalue weighted by Crippen LogP contribution is 2.61. The summed E-state index contributed by atoms with van der Waals surface area (Å²) in [6.45, 7) is 4.52. The molecule has 98 valence electrons. The summed E-state index contributed by atoms with van der Waals surface area (Å²) in [5.74, 6) is 1.69. The molecule has 3 rings (SSSR count). The van der Waals surface area contributed by atoms with Gasteiger partial charge >= 0.3 is 0 Å². The van der Waals surface area contributed by atoms with E-state index in [2.05, 4.69) is 24.3 Å². The molecule has 4 unspecified atom stereocenters. The van der Waals surface area contributed by atoms with Crippen LogP contribution in [-0.2, 0) is 11.2 Å². The van der Waals surface area contributed by atoms with E-state index < -0.39 is 0 Å². The molecule has 2 heteroatoms. The maximum absolute atomic E-state index is 10.3. The Kier molecular flexibility index (Phi) is 3.16. The Bertz CT molecular complexity index is 427. The van der Waals surface area contributed by atoms with Crippen molar-refractivity contribution in [2.75, 3.05) is 6.61 Å². The molecule has 0 aromatic heterocycles. The maximum atomic E-state index is 10.3. The van der Waals surface area contributed by atoms with E-state index in [4.69, 9.17) is 4.74 Å². The van der Waals surface area contributed by atoms with Crippen LogP contribution in [0, 0.1) is 11.8 Å². The zero-order chi connectivity index (χ0) is 12.7. The smallest absolute Gasteiger partial charge is 0.0810 e. The average Bonchev–Trinajstić information content (AvgIpc) is 3.10. The van der Waals surface area contributed by atoms with Gasteiger partial charge in [-0.15, -0.1) is 0 Å². The van der Waals surface area contributed by atoms with Gasteiger partial charge in [0.25, 0.3) is 0 Å². The molecule has 4 atom stereocenters. The summed E-state index contributed by atoms with van der Waals surface area (Å²) in [5, 5.41) is 10.3. The molecule has 2 nitrogen and oxygen atoms in total. The summed E-state index contributed by atoms with van der Waals surface area (Å²) >= 11 is 0. The van der Waals surface area contributed by atoms with Crippen molar-refractivity contribution in [1.82, 2.24) is 0 Å². The molecule has 1 saturated carbocycles. The Balaban J connectivity index is 1.69. The van der Waals surface area contributed by atoms with Crippen molar-refractivity contribution in [2.24, 2.45) is 11.8 Å². The number of ether oxygens (including phenoxy) is 1. The van der Waals surface area contributed by atoms with Crippen LogP contribution in [0.1, 0.15) is 37.3 Å². The molecule has 2 aliphatic carbocycles. The molecule has 0 bridgehead atoms. The van der Waals surface area contributed by atoms with Crippen LogP contribution in [-0.4, -0.2) is 23.9 Å². The molecule has 1 N–H and O–H groups in total. The van der Waals surface area contributed by atoms with Crippen molar-refractivity contribution in [1.29, 1.82) is 0 Å². The molecular formula is C16H22O2. The summed E-state index contributed by atoms with van der Waals surface area (Å²) in [6, 6.07) is 8.71. The lowest BCUT2D eigenvalue weighted by atomic mass is 9.92. The fourth-order valence-electron chi connectivity index (χ4n) is 3.55. The third kappa shape index (κ3) is 2.08. The van der Waals surface area contributed by atoms with Gasteiger partial charge in [0.2, 0.25) is 0 Å². The van der Waals surface area contributed by atoms with Crippen LogP contribution >= 0.6 is 0 Å². The molecule has 0 heterocycles. The highest BCUT2D eigenvalue weighted by atomic mass is 16.5. The first-order valence-corrected chi connectivity index (χ1v) is 7.06. The predicted octanol–water partition coefficient (Wildman–Crippen LogP) is 2.75. The number of fused-ring (bicyclic) bond motifs is 3. The minimum absolute atomic E-state index is 0.202. The molecule has 2 aliphatic rings. The third-order valence-corrected chi connectivity index (χ3v) is 4.44. The number of rotatable bonds is 4. The summed E-state index contributed by atoms with van der Waals surface area (Å²) in [5.41, 5.74) is 2.96. The highest BCUT2D eigenvalue weighted by molar-refractivity contribution is 5.39. The summed E-state index contributed by atoms with van der Waals surface area (Å²) in [7, 11) is 0. The number of aryl methyl sites for hydroxylation is 1. The third-order valence-electron chi connectivity index (χ3n) is 4.44. The molecule has 0 spiro atoms. The second-order valence-corrected chi connectivity index (χ2v) is 5.95. The highest BCUT2D eigenvalue weighted by Gasteiger charge is 2.56. The van der Waals surface area contributed by atoms with Crippen molar-refractivity contribution < 1.29 is 9.84 Å². The van der Waals surface area contributed by atoms with E-state index in [0.717, 1.165) is 0 Å². The van der Waals surface area contributed by atoms with Gasteiger partial charge in [-0.1, -0.05) is 24.3 Å². The molecule has 1 aromatic carbocycles. The van der Waals surface area contributed by atoms with Crippen LogP contribution in [0.25, 0.3) is 0 Å². The first-order valence-electron chi connectivity index (χ1n) is 7.06. The van der Waals surface area contributed by atoms with Gasteiger partial charge in [-0.3, -0.25) is 0 Å². The van der Waals surface area contributed by atoms with Crippen molar-refractivity contribution in [3.05, 3.63) is 35.4 Å². The lowest BCUT2D eigenvalue weighted by Crippen LogP contribution is -2.21. The molecule has 1 fully saturated rings. The van der Waals surface area contributed by atoms with E-state index >= 15 is 0 Å². The predicted molar refractivity (Wildman–Crippen MR) is 71.6 cm³/mol. The lowest BCUT2D eigenvalue weighted by molar-refractivity contribution is -0.00584. The fourth-order valence-corrected chi connectivity index (χ4v) is 3.55. The van der Waals surface area contributed by atoms with Crippen LogP contribution in [0.2, 0.25) is 0 Å². The Hall–Kier alpha value is -0.860. The average molecular weight is 246 g/mol. The van der Waals surface area contributed by atoms with Gasteiger partial charge in [0.1, 0.15) is 0 Å². The largest absolute Gasteiger partial charge is 0.390 e. The van der Waals surface area contributed by atoms with Crippen molar-refractivity contribution in [2.45, 2.75) is 44.8 Å². The van der Waals surface area contributed by atoms with E-state index in [1.165, 1.54) is 24.0 Å². The molecule has 0 saturated heterocycles. The monoisotopic (exact) mass is 246 g/mol. The quantitative estimate of drug-likeness (QED) is 0.885. The van der Waals surface area contributed by atoms with Gasteiger partial charge in [-0.2, -0.15) is 0 Å². The second-order valence-electron chi connectivity index (χ2n) is 5.95. The molecule has 0 radical (unpaired) electrons. The molecular weight excluding hydrogens is 224 g/mol. The number of hydrogen-bond acceptors (Lipinski definition) is 2. The Morgan fingerprint density at radius 3 is 2.89 bits per heavy atom. The van der Waals surface area contributed by atoms with Gasteiger partial charge in [0.15, 0.2) is 0 Å².